The highest BCUT2D eigenvalue weighted by molar-refractivity contribution is 6.30. The van der Waals surface area contributed by atoms with E-state index in [0.717, 1.165) is 5.56 Å². The third-order valence-corrected chi connectivity index (χ3v) is 13.7. The van der Waals surface area contributed by atoms with E-state index in [1.807, 2.05) is 60.7 Å². The number of nitriles is 1. The van der Waals surface area contributed by atoms with Gasteiger partial charge in [0.25, 0.3) is 0 Å². The van der Waals surface area contributed by atoms with Crippen molar-refractivity contribution in [2.45, 2.75) is 112 Å². The zero-order valence-corrected chi connectivity index (χ0v) is 32.5. The highest BCUT2D eigenvalue weighted by Crippen LogP contribution is 2.69. The van der Waals surface area contributed by atoms with Crippen LogP contribution in [-0.2, 0) is 15.0 Å². The standard InChI is InChI=1S/C46H48ClFN4O4/c1-44(2)22-24-45(25-23-44)46(34-21-16-28(27-49)26-36(34)51-43(46)56)37(33-14-9-15-35(47)38(33)48)40(42(55)50-31-17-19-32(53)20-18-31)52(45)39(29-10-5-3-6-11-29)41(54)30-12-7-4-8-13-30/h3-16,21,26,31-32,37,39-41,53-54H,17-20,22-25H2,1-2H3,(H,50,55)(H,51,56)/t31-,32-,37-,39+,40+,41-,46?/m0/s1. The molecule has 5 atom stereocenters. The average Bonchev–Trinajstić information content (AvgIpc) is 3.64. The normalized spacial score (nSPS) is 27.6. The first kappa shape index (κ1) is 38.3. The molecule has 2 aliphatic carbocycles. The van der Waals surface area contributed by atoms with Gasteiger partial charge in [0.15, 0.2) is 0 Å². The molecule has 4 aromatic rings. The molecular weight excluding hydrogens is 727 g/mol. The van der Waals surface area contributed by atoms with Gasteiger partial charge in [-0.15, -0.1) is 0 Å². The monoisotopic (exact) mass is 774 g/mol. The molecule has 8 nitrogen and oxygen atoms in total. The second kappa shape index (κ2) is 14.7. The van der Waals surface area contributed by atoms with Gasteiger partial charge >= 0.3 is 0 Å². The minimum Gasteiger partial charge on any atom is -0.393 e. The third-order valence-electron chi connectivity index (χ3n) is 13.4. The van der Waals surface area contributed by atoms with Gasteiger partial charge < -0.3 is 20.8 Å². The first-order valence-electron chi connectivity index (χ1n) is 19.8. The maximum absolute atomic E-state index is 17.1. The van der Waals surface area contributed by atoms with Crippen molar-refractivity contribution >= 4 is 29.1 Å². The molecule has 2 heterocycles. The largest absolute Gasteiger partial charge is 0.393 e. The van der Waals surface area contributed by atoms with Crippen molar-refractivity contribution in [1.82, 2.24) is 10.2 Å². The number of nitrogens with zero attached hydrogens (tertiary/aromatic N) is 2. The Morgan fingerprint density at radius 3 is 2.21 bits per heavy atom. The third kappa shape index (κ3) is 6.13. The summed E-state index contributed by atoms with van der Waals surface area (Å²) < 4.78 is 17.1. The van der Waals surface area contributed by atoms with Crippen LogP contribution in [0.15, 0.2) is 97.1 Å². The molecule has 0 aromatic heterocycles. The lowest BCUT2D eigenvalue weighted by Gasteiger charge is -2.56. The van der Waals surface area contributed by atoms with E-state index in [4.69, 9.17) is 11.6 Å². The molecule has 290 valence electrons. The number of anilines is 1. The highest BCUT2D eigenvalue weighted by Gasteiger charge is 2.77. The molecule has 10 heteroatoms. The van der Waals surface area contributed by atoms with Gasteiger partial charge in [0.05, 0.1) is 40.9 Å². The Kier molecular flexibility index (Phi) is 10.1. The summed E-state index contributed by atoms with van der Waals surface area (Å²) in [7, 11) is 0. The Morgan fingerprint density at radius 2 is 1.57 bits per heavy atom. The number of aliphatic hydroxyl groups excluding tert-OH is 2. The molecule has 2 amide bonds. The van der Waals surface area contributed by atoms with Gasteiger partial charge in [0, 0.05) is 23.2 Å². The Bertz CT molecular complexity index is 2160. The lowest BCUT2D eigenvalue weighted by molar-refractivity contribution is -0.137. The summed E-state index contributed by atoms with van der Waals surface area (Å²) in [6.07, 6.45) is 2.86. The van der Waals surface area contributed by atoms with E-state index in [9.17, 15) is 15.5 Å². The van der Waals surface area contributed by atoms with E-state index >= 15 is 14.0 Å². The summed E-state index contributed by atoms with van der Waals surface area (Å²) in [5.74, 6) is -2.60. The number of hydrogen-bond donors (Lipinski definition) is 4. The number of rotatable bonds is 7. The molecule has 4 aliphatic rings. The van der Waals surface area contributed by atoms with Crippen LogP contribution in [0, 0.1) is 22.6 Å². The fourth-order valence-electron chi connectivity index (χ4n) is 10.7. The second-order valence-electron chi connectivity index (χ2n) is 17.0. The Balaban J connectivity index is 1.48. The maximum Gasteiger partial charge on any atom is 0.238 e. The van der Waals surface area contributed by atoms with E-state index in [-0.39, 0.29) is 33.9 Å². The average molecular weight is 775 g/mol. The van der Waals surface area contributed by atoms with Crippen LogP contribution in [0.5, 0.6) is 0 Å². The van der Waals surface area contributed by atoms with Crippen molar-refractivity contribution in [3.05, 3.63) is 136 Å². The number of carbonyl (C=O) groups is 2. The van der Waals surface area contributed by atoms with E-state index in [2.05, 4.69) is 35.5 Å². The molecule has 2 spiro atoms. The Hall–Kier alpha value is -4.59. The summed E-state index contributed by atoms with van der Waals surface area (Å²) in [4.78, 5) is 33.4. The number of aliphatic hydroxyl groups is 2. The van der Waals surface area contributed by atoms with Crippen LogP contribution in [0.3, 0.4) is 0 Å². The SMILES string of the molecule is CC1(C)CCC2(CC1)N([C@H](c1ccccc1)[C@@H](O)c1ccccc1)[C@@H](C(=O)N[C@H]1CC[C@H](O)CC1)[C@H](c1cccc(Cl)c1F)C21C(=O)Nc2cc(C#N)ccc21. The van der Waals surface area contributed by atoms with Crippen LogP contribution in [0.1, 0.15) is 111 Å². The van der Waals surface area contributed by atoms with E-state index in [0.29, 0.717) is 73.7 Å². The van der Waals surface area contributed by atoms with E-state index in [1.165, 1.54) is 6.07 Å². The molecule has 2 saturated carbocycles. The Morgan fingerprint density at radius 1 is 0.929 bits per heavy atom. The summed E-state index contributed by atoms with van der Waals surface area (Å²) >= 11 is 6.61. The van der Waals surface area contributed by atoms with Gasteiger partial charge in [-0.25, -0.2) is 4.39 Å². The number of benzene rings is 4. The number of hydrogen-bond acceptors (Lipinski definition) is 6. The lowest BCUT2D eigenvalue weighted by atomic mass is 9.53. The highest BCUT2D eigenvalue weighted by atomic mass is 35.5. The number of fused-ring (bicyclic) bond motifs is 3. The molecule has 1 unspecified atom stereocenters. The molecular formula is C46H48ClFN4O4. The molecule has 2 aliphatic heterocycles. The minimum atomic E-state index is -1.58. The van der Waals surface area contributed by atoms with Gasteiger partial charge in [-0.3, -0.25) is 14.5 Å². The first-order valence-corrected chi connectivity index (χ1v) is 20.1. The fourth-order valence-corrected chi connectivity index (χ4v) is 10.9. The van der Waals surface area contributed by atoms with Crippen LogP contribution in [-0.4, -0.2) is 50.7 Å². The lowest BCUT2D eigenvalue weighted by Crippen LogP contribution is -2.64. The first-order chi connectivity index (χ1) is 26.9. The van der Waals surface area contributed by atoms with Gasteiger partial charge in [-0.1, -0.05) is 104 Å². The predicted octanol–water partition coefficient (Wildman–Crippen LogP) is 8.24. The molecule has 0 radical (unpaired) electrons. The van der Waals surface area contributed by atoms with Gasteiger partial charge in [-0.05, 0) is 97.2 Å². The fraction of sp³-hybridized carbons (Fsp3) is 0.413. The second-order valence-corrected chi connectivity index (χ2v) is 17.4. The van der Waals surface area contributed by atoms with Crippen molar-refractivity contribution < 1.29 is 24.2 Å². The molecule has 8 rings (SSSR count). The van der Waals surface area contributed by atoms with Crippen LogP contribution >= 0.6 is 11.6 Å². The molecule has 0 bridgehead atoms. The Labute approximate surface area is 332 Å². The van der Waals surface area contributed by atoms with Crippen molar-refractivity contribution in [1.29, 1.82) is 5.26 Å². The number of halogens is 2. The smallest absolute Gasteiger partial charge is 0.238 e. The molecule has 1 saturated heterocycles. The summed E-state index contributed by atoms with van der Waals surface area (Å²) in [6, 6.07) is 28.7. The van der Waals surface area contributed by atoms with Gasteiger partial charge in [0.2, 0.25) is 11.8 Å². The van der Waals surface area contributed by atoms with Crippen LogP contribution in [0.25, 0.3) is 0 Å². The quantitative estimate of drug-likeness (QED) is 0.150. The van der Waals surface area contributed by atoms with E-state index in [1.54, 1.807) is 30.3 Å². The predicted molar refractivity (Wildman–Crippen MR) is 213 cm³/mol. The number of likely N-dealkylation sites (tertiary alicyclic amines) is 1. The molecule has 4 aromatic carbocycles. The minimum absolute atomic E-state index is 0.110. The van der Waals surface area contributed by atoms with Crippen molar-refractivity contribution in [3.63, 3.8) is 0 Å². The van der Waals surface area contributed by atoms with Crippen molar-refractivity contribution in [2.75, 3.05) is 5.32 Å². The number of carbonyl (C=O) groups excluding carboxylic acids is 2. The number of nitrogens with one attached hydrogen (secondary N) is 2. The summed E-state index contributed by atoms with van der Waals surface area (Å²) in [5, 5.41) is 39.5. The zero-order chi connectivity index (χ0) is 39.4. The van der Waals surface area contributed by atoms with Crippen molar-refractivity contribution in [2.24, 2.45) is 5.41 Å². The van der Waals surface area contributed by atoms with Gasteiger partial charge in [-0.2, -0.15) is 5.26 Å². The summed E-state index contributed by atoms with van der Waals surface area (Å²) in [5.41, 5.74) is 0.0648. The topological polar surface area (TPSA) is 126 Å². The molecule has 56 heavy (non-hydrogen) atoms. The van der Waals surface area contributed by atoms with E-state index < -0.39 is 47.0 Å². The van der Waals surface area contributed by atoms with Crippen LogP contribution < -0.4 is 10.6 Å². The maximum atomic E-state index is 17.1. The summed E-state index contributed by atoms with van der Waals surface area (Å²) in [6.45, 7) is 4.41. The number of amides is 2. The van der Waals surface area contributed by atoms with Crippen molar-refractivity contribution in [3.8, 4) is 6.07 Å². The zero-order valence-electron chi connectivity index (χ0n) is 31.7. The molecule has 3 fully saturated rings. The van der Waals surface area contributed by atoms with Crippen LogP contribution in [0.2, 0.25) is 5.02 Å². The molecule has 4 N–H and O–H groups in total. The van der Waals surface area contributed by atoms with Gasteiger partial charge in [0.1, 0.15) is 11.2 Å². The van der Waals surface area contributed by atoms with Crippen LogP contribution in [0.4, 0.5) is 10.1 Å².